The summed E-state index contributed by atoms with van der Waals surface area (Å²) < 4.78 is 11.8. The van der Waals surface area contributed by atoms with E-state index in [0.717, 1.165) is 76.3 Å². The number of aromatic amines is 1. The maximum atomic E-state index is 13.8. The third kappa shape index (κ3) is 7.18. The van der Waals surface area contributed by atoms with Gasteiger partial charge in [0.2, 0.25) is 0 Å². The number of benzene rings is 3. The molecule has 5 aromatic rings. The quantitative estimate of drug-likeness (QED) is 0.244. The molecular weight excluding hydrogens is 539 g/mol. The van der Waals surface area contributed by atoms with Crippen LogP contribution in [-0.4, -0.2) is 26.8 Å². The number of aryl methyl sites for hydroxylation is 3. The van der Waals surface area contributed by atoms with Crippen molar-refractivity contribution in [1.82, 2.24) is 19.7 Å². The number of hydrogen-bond acceptors (Lipinski definition) is 6. The summed E-state index contributed by atoms with van der Waals surface area (Å²) in [6, 6.07) is 23.8. The van der Waals surface area contributed by atoms with Crippen LogP contribution in [0.4, 0.5) is 0 Å². The van der Waals surface area contributed by atoms with E-state index < -0.39 is 5.76 Å². The third-order valence-electron chi connectivity index (χ3n) is 7.36. The standard InChI is InChI=1S/C33H34N4O4.Na.H/c1-4-5-10-30-29(32(38)37(22(2)34-30)20-19-23-13-17-26(40-3)18-14-23)21-24-11-15-25(16-12-24)27-8-6-7-9-28(27)31-35-33(39)41-36-31;;/h6-9,11-18H,4-5,10,19-21H2,1-3H3,(H,35,36,39);;/q;+1;-1. The van der Waals surface area contributed by atoms with E-state index >= 15 is 0 Å². The summed E-state index contributed by atoms with van der Waals surface area (Å²) in [7, 11) is 1.65. The van der Waals surface area contributed by atoms with Crippen molar-refractivity contribution in [3.63, 3.8) is 0 Å². The number of methoxy groups -OCH3 is 1. The fourth-order valence-corrected chi connectivity index (χ4v) is 5.08. The van der Waals surface area contributed by atoms with E-state index in [2.05, 4.69) is 17.1 Å². The molecule has 0 saturated heterocycles. The van der Waals surface area contributed by atoms with Crippen molar-refractivity contribution in [3.05, 3.63) is 122 Å². The van der Waals surface area contributed by atoms with Crippen molar-refractivity contribution in [2.45, 2.75) is 52.5 Å². The first kappa shape index (κ1) is 31.2. The summed E-state index contributed by atoms with van der Waals surface area (Å²) in [6.45, 7) is 4.63. The maximum Gasteiger partial charge on any atom is 1.00 e. The molecule has 0 unspecified atom stereocenters. The van der Waals surface area contributed by atoms with Gasteiger partial charge in [-0.1, -0.05) is 79.2 Å². The monoisotopic (exact) mass is 574 g/mol. The van der Waals surface area contributed by atoms with Gasteiger partial charge in [0.15, 0.2) is 5.82 Å². The van der Waals surface area contributed by atoms with E-state index in [4.69, 9.17) is 14.2 Å². The van der Waals surface area contributed by atoms with Crippen LogP contribution in [0.1, 0.15) is 49.4 Å². The zero-order valence-electron chi connectivity index (χ0n) is 25.6. The van der Waals surface area contributed by atoms with Crippen molar-refractivity contribution < 1.29 is 40.2 Å². The summed E-state index contributed by atoms with van der Waals surface area (Å²) >= 11 is 0. The van der Waals surface area contributed by atoms with Gasteiger partial charge < -0.3 is 6.16 Å². The molecule has 3 aromatic carbocycles. The topological polar surface area (TPSA) is 103 Å². The van der Waals surface area contributed by atoms with Crippen LogP contribution in [0.15, 0.2) is 86.9 Å². The van der Waals surface area contributed by atoms with Crippen LogP contribution in [0.5, 0.6) is 5.75 Å². The summed E-state index contributed by atoms with van der Waals surface area (Å²) in [5.41, 5.74) is 6.51. The average molecular weight is 575 g/mol. The number of nitrogens with one attached hydrogen (secondary N) is 1. The Labute approximate surface area is 268 Å². The molecule has 0 radical (unpaired) electrons. The minimum absolute atomic E-state index is 0. The summed E-state index contributed by atoms with van der Waals surface area (Å²) in [4.78, 5) is 32.9. The van der Waals surface area contributed by atoms with Crippen LogP contribution in [0.3, 0.4) is 0 Å². The number of ether oxygens (including phenoxy) is 1. The zero-order chi connectivity index (χ0) is 28.8. The van der Waals surface area contributed by atoms with Gasteiger partial charge in [0.1, 0.15) is 11.6 Å². The molecule has 0 spiro atoms. The second-order valence-corrected chi connectivity index (χ2v) is 10.1. The molecule has 1 N–H and O–H groups in total. The first-order valence-electron chi connectivity index (χ1n) is 13.9. The minimum Gasteiger partial charge on any atom is -1.00 e. The first-order chi connectivity index (χ1) is 20.0. The van der Waals surface area contributed by atoms with Crippen LogP contribution in [0.25, 0.3) is 22.5 Å². The molecule has 2 aromatic heterocycles. The molecule has 0 aliphatic heterocycles. The minimum atomic E-state index is -0.592. The second kappa shape index (κ2) is 14.4. The number of aromatic nitrogens is 4. The third-order valence-corrected chi connectivity index (χ3v) is 7.36. The second-order valence-electron chi connectivity index (χ2n) is 10.1. The summed E-state index contributed by atoms with van der Waals surface area (Å²) in [6.07, 6.45) is 4.03. The van der Waals surface area contributed by atoms with E-state index in [-0.39, 0.29) is 36.5 Å². The van der Waals surface area contributed by atoms with Crippen molar-refractivity contribution in [2.24, 2.45) is 0 Å². The summed E-state index contributed by atoms with van der Waals surface area (Å²) in [5, 5.41) is 3.85. The van der Waals surface area contributed by atoms with Gasteiger partial charge >= 0.3 is 35.3 Å². The van der Waals surface area contributed by atoms with Crippen LogP contribution < -0.4 is 45.6 Å². The molecule has 0 atom stereocenters. The molecule has 0 saturated carbocycles. The van der Waals surface area contributed by atoms with Gasteiger partial charge in [-0.2, -0.15) is 0 Å². The Morgan fingerprint density at radius 2 is 1.62 bits per heavy atom. The Hall–Kier alpha value is -3.72. The van der Waals surface area contributed by atoms with E-state index in [9.17, 15) is 9.59 Å². The van der Waals surface area contributed by atoms with Gasteiger partial charge in [0, 0.05) is 24.1 Å². The average Bonchev–Trinajstić information content (AvgIpc) is 3.44. The van der Waals surface area contributed by atoms with Crippen LogP contribution >= 0.6 is 0 Å². The molecule has 0 bridgehead atoms. The van der Waals surface area contributed by atoms with Crippen molar-refractivity contribution in [3.8, 4) is 28.3 Å². The molecule has 8 nitrogen and oxygen atoms in total. The summed E-state index contributed by atoms with van der Waals surface area (Å²) in [5.74, 6) is 1.35. The Kier molecular flexibility index (Phi) is 10.7. The van der Waals surface area contributed by atoms with Gasteiger partial charge in [0.25, 0.3) is 5.56 Å². The van der Waals surface area contributed by atoms with E-state index in [1.807, 2.05) is 79.7 Å². The van der Waals surface area contributed by atoms with E-state index in [1.165, 1.54) is 0 Å². The molecule has 9 heteroatoms. The predicted octanol–water partition coefficient (Wildman–Crippen LogP) is 2.86. The molecule has 5 rings (SSSR count). The fraction of sp³-hybridized carbons (Fsp3) is 0.273. The van der Waals surface area contributed by atoms with Crippen molar-refractivity contribution in [1.29, 1.82) is 0 Å². The van der Waals surface area contributed by atoms with Crippen molar-refractivity contribution >= 4 is 0 Å². The maximum absolute atomic E-state index is 13.8. The number of unbranched alkanes of at least 4 members (excludes halogenated alkanes) is 1. The molecule has 0 fully saturated rings. The number of hydrogen-bond donors (Lipinski definition) is 1. The van der Waals surface area contributed by atoms with E-state index in [1.54, 1.807) is 11.7 Å². The molecule has 2 heterocycles. The molecule has 0 aliphatic carbocycles. The zero-order valence-corrected chi connectivity index (χ0v) is 26.6. The van der Waals surface area contributed by atoms with Gasteiger partial charge in [-0.15, -0.1) is 0 Å². The number of nitrogens with zero attached hydrogens (tertiary/aromatic N) is 3. The van der Waals surface area contributed by atoms with Crippen molar-refractivity contribution in [2.75, 3.05) is 7.11 Å². The largest absolute Gasteiger partial charge is 1.00 e. The number of H-pyrrole nitrogens is 1. The van der Waals surface area contributed by atoms with Crippen LogP contribution in [-0.2, 0) is 25.8 Å². The first-order valence-corrected chi connectivity index (χ1v) is 13.9. The van der Waals surface area contributed by atoms with Gasteiger partial charge in [-0.25, -0.2) is 9.78 Å². The smallest absolute Gasteiger partial charge is 1.00 e. The molecule has 212 valence electrons. The van der Waals surface area contributed by atoms with E-state index in [0.29, 0.717) is 18.8 Å². The molecule has 0 aliphatic rings. The Bertz CT molecular complexity index is 1750. The van der Waals surface area contributed by atoms with Crippen LogP contribution in [0, 0.1) is 6.92 Å². The van der Waals surface area contributed by atoms with Gasteiger partial charge in [-0.05, 0) is 60.6 Å². The van der Waals surface area contributed by atoms with Crippen LogP contribution in [0.2, 0.25) is 0 Å². The Morgan fingerprint density at radius 1 is 0.929 bits per heavy atom. The van der Waals surface area contributed by atoms with Gasteiger partial charge in [0.05, 0.1) is 12.8 Å². The van der Waals surface area contributed by atoms with Gasteiger partial charge in [-0.3, -0.25) is 18.9 Å². The normalized spacial score (nSPS) is 10.8. The molecule has 42 heavy (non-hydrogen) atoms. The Balaban J connectivity index is 0.00000253. The molecule has 0 amide bonds. The molecular formula is C33H35N4NaO4. The SMILES string of the molecule is CCCCc1nc(C)n(CCc2ccc(OC)cc2)c(=O)c1Cc1ccc(-c2ccccc2-c2noc(=O)[nH]2)cc1.[H-].[Na+]. The fourth-order valence-electron chi connectivity index (χ4n) is 5.08. The predicted molar refractivity (Wildman–Crippen MR) is 160 cm³/mol. The number of rotatable bonds is 11. The Morgan fingerprint density at radius 3 is 2.26 bits per heavy atom.